The Morgan fingerprint density at radius 1 is 1.33 bits per heavy atom. The highest BCUT2D eigenvalue weighted by Crippen LogP contribution is 2.12. The molecule has 0 aliphatic rings. The minimum atomic E-state index is -0.439. The number of halogens is 2. The Labute approximate surface area is 81.3 Å². The van der Waals surface area contributed by atoms with Crippen molar-refractivity contribution in [3.05, 3.63) is 34.9 Å². The van der Waals surface area contributed by atoms with Gasteiger partial charge in [0.1, 0.15) is 6.29 Å². The van der Waals surface area contributed by atoms with E-state index in [2.05, 4.69) is 0 Å². The molecule has 0 N–H and O–H groups in total. The molecule has 1 nitrogen and oxygen atoms in total. The summed E-state index contributed by atoms with van der Waals surface area (Å²) in [7, 11) is 0. The van der Waals surface area contributed by atoms with Gasteiger partial charge in [-0.25, -0.2) is 0 Å². The number of benzene rings is 1. The van der Waals surface area contributed by atoms with Crippen LogP contribution in [0.4, 0.5) is 0 Å². The van der Waals surface area contributed by atoms with Crippen LogP contribution in [-0.2, 0) is 11.2 Å². The third kappa shape index (κ3) is 2.84. The Balaban J connectivity index is 2.64. The minimum Gasteiger partial charge on any atom is -0.302 e. The van der Waals surface area contributed by atoms with Gasteiger partial charge < -0.3 is 4.79 Å². The minimum absolute atomic E-state index is 0.439. The van der Waals surface area contributed by atoms with Gasteiger partial charge in [0.05, 0.1) is 5.38 Å². The van der Waals surface area contributed by atoms with Gasteiger partial charge in [-0.2, -0.15) is 0 Å². The largest absolute Gasteiger partial charge is 0.302 e. The highest BCUT2D eigenvalue weighted by Gasteiger charge is 2.02. The van der Waals surface area contributed by atoms with E-state index in [1.807, 2.05) is 12.1 Å². The van der Waals surface area contributed by atoms with Crippen LogP contribution < -0.4 is 0 Å². The Morgan fingerprint density at radius 3 is 2.42 bits per heavy atom. The summed E-state index contributed by atoms with van der Waals surface area (Å²) in [6.45, 7) is 0. The molecule has 0 spiro atoms. The molecule has 0 saturated heterocycles. The zero-order valence-corrected chi connectivity index (χ0v) is 7.85. The summed E-state index contributed by atoms with van der Waals surface area (Å²) >= 11 is 11.3. The molecule has 0 radical (unpaired) electrons. The van der Waals surface area contributed by atoms with Gasteiger partial charge in [0.15, 0.2) is 0 Å². The summed E-state index contributed by atoms with van der Waals surface area (Å²) in [6, 6.07) is 7.29. The third-order valence-electron chi connectivity index (χ3n) is 1.49. The topological polar surface area (TPSA) is 17.1 Å². The highest BCUT2D eigenvalue weighted by molar-refractivity contribution is 6.30. The predicted octanol–water partition coefficient (Wildman–Crippen LogP) is 2.69. The summed E-state index contributed by atoms with van der Waals surface area (Å²) in [4.78, 5) is 10.2. The third-order valence-corrected chi connectivity index (χ3v) is 2.00. The number of carbonyl (C=O) groups excluding carboxylic acids is 1. The SMILES string of the molecule is O=CC(Cl)Cc1ccc(Cl)cc1. The molecule has 1 rings (SSSR count). The van der Waals surface area contributed by atoms with Gasteiger partial charge in [-0.1, -0.05) is 23.7 Å². The summed E-state index contributed by atoms with van der Waals surface area (Å²) in [5.74, 6) is 0. The molecule has 3 heteroatoms. The van der Waals surface area contributed by atoms with Crippen molar-refractivity contribution in [2.45, 2.75) is 11.8 Å². The standard InChI is InChI=1S/C9H8Cl2O/c10-8-3-1-7(2-4-8)5-9(11)6-12/h1-4,6,9H,5H2. The normalized spacial score (nSPS) is 12.5. The van der Waals surface area contributed by atoms with Crippen LogP contribution in [0.2, 0.25) is 5.02 Å². The lowest BCUT2D eigenvalue weighted by Gasteiger charge is -2.01. The molecule has 0 heterocycles. The molecule has 0 saturated carbocycles. The first-order valence-electron chi connectivity index (χ1n) is 3.56. The molecular weight excluding hydrogens is 195 g/mol. The number of alkyl halides is 1. The molecule has 1 aromatic carbocycles. The lowest BCUT2D eigenvalue weighted by atomic mass is 10.1. The molecule has 1 aromatic rings. The maximum atomic E-state index is 10.2. The Bertz CT molecular complexity index is 256. The lowest BCUT2D eigenvalue weighted by Crippen LogP contribution is -2.03. The fraction of sp³-hybridized carbons (Fsp3) is 0.222. The van der Waals surface area contributed by atoms with E-state index in [1.165, 1.54) is 0 Å². The Kier molecular flexibility index (Phi) is 3.57. The van der Waals surface area contributed by atoms with Crippen molar-refractivity contribution in [2.75, 3.05) is 0 Å². The van der Waals surface area contributed by atoms with Crippen molar-refractivity contribution in [3.63, 3.8) is 0 Å². The Hall–Kier alpha value is -0.530. The van der Waals surface area contributed by atoms with Crippen molar-refractivity contribution < 1.29 is 4.79 Å². The average molecular weight is 203 g/mol. The van der Waals surface area contributed by atoms with Crippen molar-refractivity contribution in [3.8, 4) is 0 Å². The maximum Gasteiger partial charge on any atom is 0.138 e. The summed E-state index contributed by atoms with van der Waals surface area (Å²) in [6.07, 6.45) is 1.29. The molecule has 64 valence electrons. The van der Waals surface area contributed by atoms with Crippen LogP contribution in [0, 0.1) is 0 Å². The first kappa shape index (κ1) is 9.56. The maximum absolute atomic E-state index is 10.2. The second-order valence-electron chi connectivity index (χ2n) is 2.48. The van der Waals surface area contributed by atoms with Crippen LogP contribution in [0.15, 0.2) is 24.3 Å². The molecular formula is C9H8Cl2O. The van der Waals surface area contributed by atoms with Crippen LogP contribution in [0.3, 0.4) is 0 Å². The number of carbonyl (C=O) groups is 1. The van der Waals surface area contributed by atoms with Crippen LogP contribution in [-0.4, -0.2) is 11.7 Å². The van der Waals surface area contributed by atoms with Gasteiger partial charge in [-0.05, 0) is 24.1 Å². The molecule has 12 heavy (non-hydrogen) atoms. The van der Waals surface area contributed by atoms with E-state index in [9.17, 15) is 4.79 Å². The van der Waals surface area contributed by atoms with E-state index in [4.69, 9.17) is 23.2 Å². The summed E-state index contributed by atoms with van der Waals surface area (Å²) < 4.78 is 0. The van der Waals surface area contributed by atoms with E-state index < -0.39 is 5.38 Å². The van der Waals surface area contributed by atoms with Crippen LogP contribution >= 0.6 is 23.2 Å². The number of aldehydes is 1. The van der Waals surface area contributed by atoms with E-state index in [0.29, 0.717) is 11.4 Å². The molecule has 0 aliphatic heterocycles. The number of hydrogen-bond acceptors (Lipinski definition) is 1. The van der Waals surface area contributed by atoms with Gasteiger partial charge in [-0.3, -0.25) is 0 Å². The van der Waals surface area contributed by atoms with Crippen molar-refractivity contribution >= 4 is 29.5 Å². The molecule has 0 aromatic heterocycles. The van der Waals surface area contributed by atoms with Crippen LogP contribution in [0.1, 0.15) is 5.56 Å². The molecule has 1 unspecified atom stereocenters. The van der Waals surface area contributed by atoms with Crippen LogP contribution in [0.25, 0.3) is 0 Å². The van der Waals surface area contributed by atoms with Gasteiger partial charge in [0, 0.05) is 5.02 Å². The monoisotopic (exact) mass is 202 g/mol. The zero-order chi connectivity index (χ0) is 8.97. The van der Waals surface area contributed by atoms with Crippen LogP contribution in [0.5, 0.6) is 0 Å². The quantitative estimate of drug-likeness (QED) is 0.545. The van der Waals surface area contributed by atoms with Crippen molar-refractivity contribution in [1.29, 1.82) is 0 Å². The van der Waals surface area contributed by atoms with Crippen molar-refractivity contribution in [2.24, 2.45) is 0 Å². The molecule has 0 amide bonds. The molecule has 0 bridgehead atoms. The fourth-order valence-corrected chi connectivity index (χ4v) is 1.20. The fourth-order valence-electron chi connectivity index (χ4n) is 0.894. The molecule has 1 atom stereocenters. The van der Waals surface area contributed by atoms with E-state index in [-0.39, 0.29) is 0 Å². The van der Waals surface area contributed by atoms with Gasteiger partial charge in [0.25, 0.3) is 0 Å². The van der Waals surface area contributed by atoms with Gasteiger partial charge in [-0.15, -0.1) is 11.6 Å². The second kappa shape index (κ2) is 4.48. The number of hydrogen-bond donors (Lipinski definition) is 0. The van der Waals surface area contributed by atoms with Crippen molar-refractivity contribution in [1.82, 2.24) is 0 Å². The summed E-state index contributed by atoms with van der Waals surface area (Å²) in [5, 5.41) is 0.252. The van der Waals surface area contributed by atoms with E-state index >= 15 is 0 Å². The highest BCUT2D eigenvalue weighted by atomic mass is 35.5. The van der Waals surface area contributed by atoms with E-state index in [0.717, 1.165) is 11.8 Å². The first-order chi connectivity index (χ1) is 5.72. The molecule has 0 aliphatic carbocycles. The van der Waals surface area contributed by atoms with E-state index in [1.54, 1.807) is 12.1 Å². The van der Waals surface area contributed by atoms with Gasteiger partial charge >= 0.3 is 0 Å². The lowest BCUT2D eigenvalue weighted by molar-refractivity contribution is -0.107. The Morgan fingerprint density at radius 2 is 1.92 bits per heavy atom. The zero-order valence-electron chi connectivity index (χ0n) is 6.34. The first-order valence-corrected chi connectivity index (χ1v) is 4.37. The van der Waals surface area contributed by atoms with Gasteiger partial charge in [0.2, 0.25) is 0 Å². The molecule has 0 fully saturated rings. The second-order valence-corrected chi connectivity index (χ2v) is 3.48. The number of rotatable bonds is 3. The summed E-state index contributed by atoms with van der Waals surface area (Å²) in [5.41, 5.74) is 1.02. The smallest absolute Gasteiger partial charge is 0.138 e. The predicted molar refractivity (Wildman–Crippen MR) is 50.9 cm³/mol. The average Bonchev–Trinajstić information content (AvgIpc) is 2.09.